The third-order valence-corrected chi connectivity index (χ3v) is 4.68. The zero-order valence-electron chi connectivity index (χ0n) is 12.1. The summed E-state index contributed by atoms with van der Waals surface area (Å²) in [5, 5.41) is 0.290. The van der Waals surface area contributed by atoms with Gasteiger partial charge in [-0.05, 0) is 33.3 Å². The summed E-state index contributed by atoms with van der Waals surface area (Å²) in [4.78, 5) is 0. The van der Waals surface area contributed by atoms with Crippen LogP contribution in [-0.4, -0.2) is 15.7 Å². The first-order chi connectivity index (χ1) is 8.39. The highest BCUT2D eigenvalue weighted by Gasteiger charge is 2.44. The van der Waals surface area contributed by atoms with E-state index in [0.29, 0.717) is 5.37 Å². The van der Waals surface area contributed by atoms with Crippen LogP contribution in [0.1, 0.15) is 51.7 Å². The van der Waals surface area contributed by atoms with E-state index in [2.05, 4.69) is 57.4 Å². The predicted octanol–water partition coefficient (Wildman–Crippen LogP) is 4.45. The van der Waals surface area contributed by atoms with Crippen LogP contribution >= 0.6 is 12.6 Å². The largest absolute Gasteiger partial charge is 0.210 e. The van der Waals surface area contributed by atoms with E-state index in [4.69, 9.17) is 12.6 Å². The quantitative estimate of drug-likeness (QED) is 0.605. The van der Waals surface area contributed by atoms with Gasteiger partial charge in [-0.3, -0.25) is 0 Å². The van der Waals surface area contributed by atoms with Crippen molar-refractivity contribution in [2.24, 2.45) is 0 Å². The van der Waals surface area contributed by atoms with Gasteiger partial charge in [0.1, 0.15) is 0 Å². The zero-order chi connectivity index (χ0) is 13.5. The second-order valence-electron chi connectivity index (χ2n) is 5.87. The van der Waals surface area contributed by atoms with E-state index in [1.54, 1.807) is 0 Å². The molecule has 1 unspecified atom stereocenters. The van der Waals surface area contributed by atoms with E-state index in [9.17, 15) is 0 Å². The molecule has 0 fully saturated rings. The summed E-state index contributed by atoms with van der Waals surface area (Å²) in [6.07, 6.45) is 2.28. The van der Waals surface area contributed by atoms with Crippen LogP contribution in [0.2, 0.25) is 0 Å². The van der Waals surface area contributed by atoms with Crippen LogP contribution in [0, 0.1) is 6.92 Å². The first-order valence-corrected chi connectivity index (χ1v) is 7.33. The molecule has 1 aliphatic rings. The number of benzene rings is 1. The number of fused-ring (bicyclic) bond motifs is 1. The van der Waals surface area contributed by atoms with Crippen LogP contribution in [0.25, 0.3) is 0 Å². The summed E-state index contributed by atoms with van der Waals surface area (Å²) in [6.45, 7) is 11.3. The Balaban J connectivity index is 2.57. The lowest BCUT2D eigenvalue weighted by molar-refractivity contribution is -0.455. The molecule has 18 heavy (non-hydrogen) atoms. The van der Waals surface area contributed by atoms with Crippen molar-refractivity contribution in [3.8, 4) is 0 Å². The molecule has 1 atom stereocenters. The minimum absolute atomic E-state index is 0.121. The molecule has 0 saturated heterocycles. The summed E-state index contributed by atoms with van der Waals surface area (Å²) < 4.78 is 2.42. The Kier molecular flexibility index (Phi) is 3.59. The van der Waals surface area contributed by atoms with Gasteiger partial charge in [0, 0.05) is 25.0 Å². The molecule has 0 aliphatic carbocycles. The van der Waals surface area contributed by atoms with Gasteiger partial charge >= 0.3 is 0 Å². The summed E-state index contributed by atoms with van der Waals surface area (Å²) in [7, 11) is 0. The van der Waals surface area contributed by atoms with Gasteiger partial charge in [0.2, 0.25) is 11.1 Å². The van der Waals surface area contributed by atoms with Gasteiger partial charge in [-0.2, -0.15) is 4.58 Å². The highest BCUT2D eigenvalue weighted by Crippen LogP contribution is 2.41. The maximum absolute atomic E-state index is 4.80. The van der Waals surface area contributed by atoms with E-state index in [0.717, 1.165) is 6.42 Å². The lowest BCUT2D eigenvalue weighted by atomic mass is 9.82. The number of hydrogen-bond donors (Lipinski definition) is 1. The smallest absolute Gasteiger partial charge is 0.187 e. The normalized spacial score (nSPS) is 19.0. The van der Waals surface area contributed by atoms with Gasteiger partial charge in [-0.25, -0.2) is 0 Å². The molecule has 0 bridgehead atoms. The minimum Gasteiger partial charge on any atom is -0.187 e. The molecular formula is C16H24NS+. The van der Waals surface area contributed by atoms with Gasteiger partial charge in [-0.1, -0.05) is 18.6 Å². The van der Waals surface area contributed by atoms with E-state index >= 15 is 0 Å². The molecule has 0 amide bonds. The molecule has 1 aliphatic heterocycles. The first-order valence-electron chi connectivity index (χ1n) is 6.82. The number of thiol groups is 1. The van der Waals surface area contributed by atoms with Gasteiger partial charge in [0.05, 0.1) is 5.41 Å². The highest BCUT2D eigenvalue weighted by atomic mass is 32.1. The van der Waals surface area contributed by atoms with E-state index in [1.165, 1.54) is 28.9 Å². The lowest BCUT2D eigenvalue weighted by Gasteiger charge is -2.15. The highest BCUT2D eigenvalue weighted by molar-refractivity contribution is 7.80. The second-order valence-corrected chi connectivity index (χ2v) is 6.47. The molecule has 1 nitrogen and oxygen atoms in total. The topological polar surface area (TPSA) is 3.01 Å². The molecule has 98 valence electrons. The van der Waals surface area contributed by atoms with Gasteiger partial charge in [0.25, 0.3) is 0 Å². The molecule has 1 heterocycles. The molecule has 1 aromatic carbocycles. The average Bonchev–Trinajstić information content (AvgIpc) is 2.49. The number of rotatable bonds is 3. The third-order valence-electron chi connectivity index (χ3n) is 4.20. The number of hydrogen-bond acceptors (Lipinski definition) is 1. The molecule has 0 aromatic heterocycles. The molecule has 0 spiro atoms. The van der Waals surface area contributed by atoms with Gasteiger partial charge in [-0.15, -0.1) is 12.6 Å². The van der Waals surface area contributed by atoms with Crippen molar-refractivity contribution in [1.29, 1.82) is 0 Å². The fourth-order valence-corrected chi connectivity index (χ4v) is 3.36. The number of aryl methyl sites for hydroxylation is 1. The van der Waals surface area contributed by atoms with Crippen LogP contribution in [0.3, 0.4) is 0 Å². The van der Waals surface area contributed by atoms with Crippen LogP contribution < -0.4 is 0 Å². The van der Waals surface area contributed by atoms with Crippen molar-refractivity contribution < 1.29 is 4.58 Å². The Morgan fingerprint density at radius 1 is 1.28 bits per heavy atom. The molecule has 1 aromatic rings. The monoisotopic (exact) mass is 262 g/mol. The fraction of sp³-hybridized carbons (Fsp3) is 0.562. The van der Waals surface area contributed by atoms with Crippen LogP contribution in [-0.2, 0) is 5.41 Å². The molecular weight excluding hydrogens is 238 g/mol. The fourth-order valence-electron chi connectivity index (χ4n) is 2.81. The first kappa shape index (κ1) is 13.7. The Labute approximate surface area is 116 Å². The van der Waals surface area contributed by atoms with Crippen LogP contribution in [0.4, 0.5) is 5.69 Å². The zero-order valence-corrected chi connectivity index (χ0v) is 13.0. The predicted molar refractivity (Wildman–Crippen MR) is 82.5 cm³/mol. The van der Waals surface area contributed by atoms with Crippen LogP contribution in [0.15, 0.2) is 18.2 Å². The van der Waals surface area contributed by atoms with E-state index in [1.807, 2.05) is 0 Å². The van der Waals surface area contributed by atoms with Crippen molar-refractivity contribution in [3.63, 3.8) is 0 Å². The summed E-state index contributed by atoms with van der Waals surface area (Å²) in [6, 6.07) is 6.78. The number of nitrogens with zero attached hydrogens (tertiary/aromatic N) is 1. The third kappa shape index (κ3) is 2.01. The van der Waals surface area contributed by atoms with Gasteiger partial charge in [0.15, 0.2) is 5.71 Å². The van der Waals surface area contributed by atoms with Crippen molar-refractivity contribution in [2.45, 2.75) is 58.2 Å². The minimum atomic E-state index is 0.121. The summed E-state index contributed by atoms with van der Waals surface area (Å²) in [5.74, 6) is 0. The molecule has 2 heteroatoms. The average molecular weight is 262 g/mol. The molecule has 0 N–H and O–H groups in total. The maximum atomic E-state index is 4.80. The Hall–Kier alpha value is -0.760. The molecule has 0 saturated carbocycles. The molecule has 2 rings (SSSR count). The Morgan fingerprint density at radius 2 is 1.94 bits per heavy atom. The van der Waals surface area contributed by atoms with Crippen molar-refractivity contribution in [2.75, 3.05) is 0 Å². The lowest BCUT2D eigenvalue weighted by Crippen LogP contribution is -2.29. The Morgan fingerprint density at radius 3 is 2.56 bits per heavy atom. The van der Waals surface area contributed by atoms with Crippen LogP contribution in [0.5, 0.6) is 0 Å². The van der Waals surface area contributed by atoms with Crippen molar-refractivity contribution in [1.82, 2.24) is 0 Å². The standard InChI is InChI=1S/C16H23NS/c1-6-7-15(18)17-12(3)16(4,5)13-10-11(2)8-9-14(13)17/h8-10,15H,6-7H2,1-5H3/p+1. The van der Waals surface area contributed by atoms with Crippen molar-refractivity contribution >= 4 is 24.0 Å². The summed E-state index contributed by atoms with van der Waals surface area (Å²) >= 11 is 4.80. The summed E-state index contributed by atoms with van der Waals surface area (Å²) in [5.41, 5.74) is 5.65. The maximum Gasteiger partial charge on any atom is 0.210 e. The van der Waals surface area contributed by atoms with E-state index < -0.39 is 0 Å². The second kappa shape index (κ2) is 4.73. The SMILES string of the molecule is CCCC(S)[N+]1=C(C)C(C)(C)c2cc(C)ccc21. The van der Waals surface area contributed by atoms with E-state index in [-0.39, 0.29) is 5.41 Å². The van der Waals surface area contributed by atoms with Gasteiger partial charge < -0.3 is 0 Å². The van der Waals surface area contributed by atoms with Crippen molar-refractivity contribution in [3.05, 3.63) is 29.3 Å². The molecule has 0 radical (unpaired) electrons. The Bertz CT molecular complexity index is 500.